The van der Waals surface area contributed by atoms with Crippen LogP contribution in [0, 0.1) is 0 Å². The topological polar surface area (TPSA) is 121 Å². The third-order valence-electron chi connectivity index (χ3n) is 6.24. The lowest BCUT2D eigenvalue weighted by Crippen LogP contribution is -2.08. The van der Waals surface area contributed by atoms with Gasteiger partial charge in [0.25, 0.3) is 0 Å². The Kier molecular flexibility index (Phi) is 5.06. The third-order valence-corrected chi connectivity index (χ3v) is 6.24. The van der Waals surface area contributed by atoms with E-state index in [9.17, 15) is 30.6 Å². The molecule has 0 aromatic heterocycles. The van der Waals surface area contributed by atoms with Crippen LogP contribution in [-0.4, -0.2) is 30.6 Å². The van der Waals surface area contributed by atoms with Crippen LogP contribution in [0.25, 0.3) is 11.6 Å². The fourth-order valence-electron chi connectivity index (χ4n) is 4.81. The number of phenols is 6. The van der Waals surface area contributed by atoms with Gasteiger partial charge in [0.15, 0.2) is 0 Å². The molecule has 34 heavy (non-hydrogen) atoms. The van der Waals surface area contributed by atoms with Gasteiger partial charge in [-0.1, -0.05) is 30.3 Å². The van der Waals surface area contributed by atoms with E-state index in [1.807, 2.05) is 6.08 Å². The Morgan fingerprint density at radius 2 is 1.09 bits per heavy atom. The molecule has 5 rings (SSSR count). The van der Waals surface area contributed by atoms with Gasteiger partial charge in [-0.05, 0) is 70.8 Å². The summed E-state index contributed by atoms with van der Waals surface area (Å²) < 4.78 is 0. The standard InChI is InChI=1S/C28H22O6/c29-17-5-1-15(2-6-17)11-22-27-23(13-20(32)14-25(27)34)26(16-3-7-18(30)8-4-16)28(22)21-12-19(31)9-10-24(21)33/h1-14,26,28-34H/b22-11+. The molecule has 1 aliphatic carbocycles. The molecule has 170 valence electrons. The monoisotopic (exact) mass is 454 g/mol. The van der Waals surface area contributed by atoms with E-state index < -0.39 is 11.8 Å². The van der Waals surface area contributed by atoms with Crippen LogP contribution < -0.4 is 0 Å². The molecule has 2 atom stereocenters. The van der Waals surface area contributed by atoms with Gasteiger partial charge in [-0.25, -0.2) is 0 Å². The summed E-state index contributed by atoms with van der Waals surface area (Å²) in [5.74, 6) is -1.07. The zero-order chi connectivity index (χ0) is 24.0. The van der Waals surface area contributed by atoms with Gasteiger partial charge in [-0.2, -0.15) is 0 Å². The summed E-state index contributed by atoms with van der Waals surface area (Å²) in [7, 11) is 0. The summed E-state index contributed by atoms with van der Waals surface area (Å²) in [5.41, 5.74) is 3.79. The summed E-state index contributed by atoms with van der Waals surface area (Å²) in [5, 5.41) is 61.8. The van der Waals surface area contributed by atoms with Gasteiger partial charge in [-0.3, -0.25) is 0 Å². The van der Waals surface area contributed by atoms with Crippen LogP contribution in [-0.2, 0) is 0 Å². The lowest BCUT2D eigenvalue weighted by molar-refractivity contribution is 0.448. The number of benzene rings is 4. The van der Waals surface area contributed by atoms with Crippen molar-refractivity contribution in [2.45, 2.75) is 11.8 Å². The Morgan fingerprint density at radius 3 is 1.76 bits per heavy atom. The zero-order valence-electron chi connectivity index (χ0n) is 17.9. The Morgan fingerprint density at radius 1 is 0.500 bits per heavy atom. The smallest absolute Gasteiger partial charge is 0.127 e. The molecule has 0 amide bonds. The van der Waals surface area contributed by atoms with E-state index in [1.165, 1.54) is 24.3 Å². The minimum Gasteiger partial charge on any atom is -0.508 e. The van der Waals surface area contributed by atoms with Crippen LogP contribution in [0.2, 0.25) is 0 Å². The lowest BCUT2D eigenvalue weighted by atomic mass is 9.79. The number of fused-ring (bicyclic) bond motifs is 1. The second-order valence-corrected chi connectivity index (χ2v) is 8.41. The molecule has 0 aliphatic heterocycles. The minimum absolute atomic E-state index is 0.0238. The summed E-state index contributed by atoms with van der Waals surface area (Å²) in [6.07, 6.45) is 1.85. The largest absolute Gasteiger partial charge is 0.508 e. The van der Waals surface area contributed by atoms with Crippen molar-refractivity contribution in [1.82, 2.24) is 0 Å². The number of aromatic hydroxyl groups is 6. The van der Waals surface area contributed by atoms with Gasteiger partial charge >= 0.3 is 0 Å². The summed E-state index contributed by atoms with van der Waals surface area (Å²) in [6, 6.07) is 20.3. The van der Waals surface area contributed by atoms with E-state index in [1.54, 1.807) is 54.6 Å². The molecule has 0 heterocycles. The van der Waals surface area contributed by atoms with Crippen molar-refractivity contribution >= 4 is 11.6 Å². The highest BCUT2D eigenvalue weighted by Gasteiger charge is 2.42. The highest BCUT2D eigenvalue weighted by atomic mass is 16.3. The van der Waals surface area contributed by atoms with Gasteiger partial charge in [0.05, 0.1) is 0 Å². The van der Waals surface area contributed by atoms with E-state index in [4.69, 9.17) is 0 Å². The van der Waals surface area contributed by atoms with Gasteiger partial charge < -0.3 is 30.6 Å². The van der Waals surface area contributed by atoms with Crippen molar-refractivity contribution in [3.05, 3.63) is 107 Å². The maximum Gasteiger partial charge on any atom is 0.127 e. The lowest BCUT2D eigenvalue weighted by Gasteiger charge is -2.24. The molecule has 0 radical (unpaired) electrons. The first-order valence-electron chi connectivity index (χ1n) is 10.7. The van der Waals surface area contributed by atoms with E-state index in [2.05, 4.69) is 0 Å². The van der Waals surface area contributed by atoms with Crippen LogP contribution >= 0.6 is 0 Å². The molecule has 4 aromatic carbocycles. The first kappa shape index (κ1) is 21.3. The van der Waals surface area contributed by atoms with Crippen LogP contribution in [0.4, 0.5) is 0 Å². The maximum atomic E-state index is 10.9. The molecule has 6 nitrogen and oxygen atoms in total. The molecule has 0 saturated heterocycles. The first-order valence-corrected chi connectivity index (χ1v) is 10.7. The molecule has 6 heteroatoms. The van der Waals surface area contributed by atoms with Gasteiger partial charge in [0.2, 0.25) is 0 Å². The van der Waals surface area contributed by atoms with Crippen molar-refractivity contribution in [3.63, 3.8) is 0 Å². The molecule has 6 N–H and O–H groups in total. The molecule has 0 saturated carbocycles. The SMILES string of the molecule is Oc1ccc(/C=C2\c3c(O)cc(O)cc3C(c3ccc(O)cc3)C2c2cc(O)ccc2O)cc1. The van der Waals surface area contributed by atoms with Gasteiger partial charge in [-0.15, -0.1) is 0 Å². The Labute approximate surface area is 195 Å². The van der Waals surface area contributed by atoms with Gasteiger partial charge in [0.1, 0.15) is 34.5 Å². The average molecular weight is 454 g/mol. The molecule has 2 unspecified atom stereocenters. The third kappa shape index (κ3) is 3.65. The minimum atomic E-state index is -0.548. The highest BCUT2D eigenvalue weighted by molar-refractivity contribution is 5.94. The predicted octanol–water partition coefficient (Wildman–Crippen LogP) is 5.39. The van der Waals surface area contributed by atoms with E-state index in [0.29, 0.717) is 22.3 Å². The quantitative estimate of drug-likeness (QED) is 0.231. The normalized spacial score (nSPS) is 18.2. The van der Waals surface area contributed by atoms with Crippen LogP contribution in [0.3, 0.4) is 0 Å². The molecule has 0 spiro atoms. The van der Waals surface area contributed by atoms with Crippen LogP contribution in [0.15, 0.2) is 78.9 Å². The molecular formula is C28H22O6. The van der Waals surface area contributed by atoms with Crippen molar-refractivity contribution in [2.75, 3.05) is 0 Å². The van der Waals surface area contributed by atoms with Crippen LogP contribution in [0.1, 0.15) is 39.7 Å². The zero-order valence-corrected chi connectivity index (χ0v) is 17.9. The second-order valence-electron chi connectivity index (χ2n) is 8.41. The van der Waals surface area contributed by atoms with E-state index >= 15 is 0 Å². The molecule has 4 aromatic rings. The Balaban J connectivity index is 1.83. The first-order chi connectivity index (χ1) is 16.3. The van der Waals surface area contributed by atoms with E-state index in [-0.39, 0.29) is 34.5 Å². The van der Waals surface area contributed by atoms with Crippen molar-refractivity contribution in [3.8, 4) is 34.5 Å². The summed E-state index contributed by atoms with van der Waals surface area (Å²) >= 11 is 0. The summed E-state index contributed by atoms with van der Waals surface area (Å²) in [6.45, 7) is 0. The molecule has 0 bridgehead atoms. The number of rotatable bonds is 3. The predicted molar refractivity (Wildman–Crippen MR) is 128 cm³/mol. The summed E-state index contributed by atoms with van der Waals surface area (Å²) in [4.78, 5) is 0. The Bertz CT molecular complexity index is 1400. The average Bonchev–Trinajstić information content (AvgIpc) is 3.11. The second kappa shape index (κ2) is 8.08. The van der Waals surface area contributed by atoms with Crippen molar-refractivity contribution in [2.24, 2.45) is 0 Å². The fourth-order valence-corrected chi connectivity index (χ4v) is 4.81. The van der Waals surface area contributed by atoms with Crippen LogP contribution in [0.5, 0.6) is 34.5 Å². The van der Waals surface area contributed by atoms with Crippen molar-refractivity contribution < 1.29 is 30.6 Å². The maximum absolute atomic E-state index is 10.9. The number of phenolic OH excluding ortho intramolecular Hbond substituents is 6. The van der Waals surface area contributed by atoms with Crippen molar-refractivity contribution in [1.29, 1.82) is 0 Å². The number of hydrogen-bond acceptors (Lipinski definition) is 6. The van der Waals surface area contributed by atoms with E-state index in [0.717, 1.165) is 11.1 Å². The molecule has 1 aliphatic rings. The fraction of sp³-hybridized carbons (Fsp3) is 0.0714. The number of allylic oxidation sites excluding steroid dienone is 1. The highest BCUT2D eigenvalue weighted by Crippen LogP contribution is 2.59. The molecular weight excluding hydrogens is 432 g/mol. The molecule has 0 fully saturated rings. The Hall–Kier alpha value is -4.58. The van der Waals surface area contributed by atoms with Gasteiger partial charge in [0, 0.05) is 29.0 Å². The number of hydrogen-bond donors (Lipinski definition) is 6.